The van der Waals surface area contributed by atoms with E-state index in [0.717, 1.165) is 114 Å². The molecule has 2 aromatic carbocycles. The van der Waals surface area contributed by atoms with Crippen molar-refractivity contribution in [3.8, 4) is 5.75 Å². The van der Waals surface area contributed by atoms with Crippen LogP contribution in [0.15, 0.2) is 123 Å². The first-order valence-corrected chi connectivity index (χ1v) is 28.0. The van der Waals surface area contributed by atoms with Gasteiger partial charge in [0.25, 0.3) is 0 Å². The number of likely N-dealkylation sites (N-methyl/N-ethyl adjacent to an activating group) is 1. The maximum absolute atomic E-state index is 12.3. The van der Waals surface area contributed by atoms with E-state index in [2.05, 4.69) is 112 Å². The van der Waals surface area contributed by atoms with Gasteiger partial charge in [-0.15, -0.1) is 0 Å². The second-order valence-electron chi connectivity index (χ2n) is 18.8. The number of aromatic nitrogens is 2. The molecule has 2 aromatic heterocycles. The number of ether oxygens (including phenoxy) is 2. The van der Waals surface area contributed by atoms with Crippen LogP contribution >= 0.6 is 34.3 Å². The Balaban J connectivity index is 0.000000273. The van der Waals surface area contributed by atoms with E-state index in [1.54, 1.807) is 0 Å². The number of nitrogens with zero attached hydrogens (tertiary/aromatic N) is 9. The molecule has 5 aliphatic rings. The molecule has 437 valence electrons. The van der Waals surface area contributed by atoms with Gasteiger partial charge in [-0.25, -0.2) is 0 Å². The Labute approximate surface area is 502 Å². The quantitative estimate of drug-likeness (QED) is 0.0250. The molecule has 3 N–H and O–H groups in total. The molecule has 3 unspecified atom stereocenters. The number of esters is 1. The summed E-state index contributed by atoms with van der Waals surface area (Å²) in [6.07, 6.45) is 26.3. The molecule has 4 aliphatic carbocycles. The van der Waals surface area contributed by atoms with Gasteiger partial charge >= 0.3 is 16.0 Å². The predicted molar refractivity (Wildman–Crippen MR) is 304 cm³/mol. The van der Waals surface area contributed by atoms with Gasteiger partial charge < -0.3 is 44.8 Å². The molecule has 26 heteroatoms. The number of fused-ring (bicyclic) bond motifs is 1. The van der Waals surface area contributed by atoms with Crippen LogP contribution in [0.4, 0.5) is 21.4 Å². The number of rotatable bonds is 15. The number of ketones is 2. The first-order valence-electron chi connectivity index (χ1n) is 26.0. The van der Waals surface area contributed by atoms with Crippen molar-refractivity contribution in [1.29, 1.82) is 0 Å². The number of thiazole rings is 2. The molecule has 0 amide bonds. The average Bonchev–Trinajstić information content (AvgIpc) is 4.34. The standard InChI is InChI=1S/C32H43ClN2O3.2C9H6N4O4S.C5H10.Co.Fe/c1-6-32(4)27-21-25(33)15-17-28(27)34(5)30(32)18-14-23-13-16-26(35(7-2)8-3)22-29(23)37-19-20-38-31(36)24-11-9-10-12-24;2*14-5-1-2-6(7(15)3-5)11-12-9-10-4-8(18-9)13(16)17;1-2-4-5-3-1;;/h13-18,21-22,24,30H,6-12,19-20H2,1-5H3;2*1-4H,(H2,10,12,14,15);1-5H2;;/p-1/b18-14+;;;;;. The molecule has 3 atom stereocenters. The van der Waals surface area contributed by atoms with Crippen molar-refractivity contribution >= 4 is 90.7 Å². The molecule has 2 saturated carbocycles. The number of quaternary nitrogens is 1. The Morgan fingerprint density at radius 2 is 1.35 bits per heavy atom. The second-order valence-corrected chi connectivity index (χ2v) is 21.2. The van der Waals surface area contributed by atoms with E-state index in [4.69, 9.17) is 21.1 Å². The molecule has 0 saturated heterocycles. The molecule has 1 radical (unpaired) electrons. The van der Waals surface area contributed by atoms with Crippen molar-refractivity contribution in [3.05, 3.63) is 149 Å². The number of halogens is 1. The summed E-state index contributed by atoms with van der Waals surface area (Å²) in [7, 11) is 2.24. The normalized spacial score (nSPS) is 20.4. The largest absolute Gasteiger partial charge is 0.506 e. The molecule has 21 nitrogen and oxygen atoms in total. The van der Waals surface area contributed by atoms with Crippen LogP contribution in [0.5, 0.6) is 5.75 Å². The molecular formula is C55H64ClCoFeN10O11S2-. The summed E-state index contributed by atoms with van der Waals surface area (Å²) in [5, 5.41) is 54.6. The average molecular weight is 1260 g/mol. The van der Waals surface area contributed by atoms with Crippen molar-refractivity contribution in [2.24, 2.45) is 26.3 Å². The van der Waals surface area contributed by atoms with Crippen molar-refractivity contribution in [2.75, 3.05) is 38.3 Å². The van der Waals surface area contributed by atoms with Crippen LogP contribution in [0.3, 0.4) is 0 Å². The van der Waals surface area contributed by atoms with Crippen molar-refractivity contribution < 1.29 is 82.7 Å². The number of anilines is 1. The minimum atomic E-state index is -0.583. The zero-order valence-corrected chi connectivity index (χ0v) is 49.8. The molecule has 9 rings (SSSR count). The first-order chi connectivity index (χ1) is 37.9. The van der Waals surface area contributed by atoms with Crippen LogP contribution in [-0.2, 0) is 58.4 Å². The summed E-state index contributed by atoms with van der Waals surface area (Å²) in [6.45, 7) is 11.4. The minimum Gasteiger partial charge on any atom is -0.506 e. The maximum Gasteiger partial charge on any atom is 0.319 e. The van der Waals surface area contributed by atoms with Gasteiger partial charge in [0.15, 0.2) is 11.6 Å². The summed E-state index contributed by atoms with van der Waals surface area (Å²) in [5.74, 6) is -0.509. The minimum absolute atomic E-state index is 0. The third kappa shape index (κ3) is 19.0. The topological polar surface area (TPSA) is 282 Å². The molecular weight excluding hydrogens is 1190 g/mol. The van der Waals surface area contributed by atoms with Gasteiger partial charge in [-0.3, -0.25) is 49.7 Å². The summed E-state index contributed by atoms with van der Waals surface area (Å²) in [6, 6.07) is 13.0. The zero-order chi connectivity index (χ0) is 57.1. The smallest absolute Gasteiger partial charge is 0.319 e. The number of hydrogen-bond donors (Lipinski definition) is 3. The van der Waals surface area contributed by atoms with E-state index in [9.17, 15) is 44.8 Å². The van der Waals surface area contributed by atoms with E-state index >= 15 is 0 Å². The van der Waals surface area contributed by atoms with Gasteiger partial charge in [0, 0.05) is 115 Å². The predicted octanol–water partition coefficient (Wildman–Crippen LogP) is 9.06. The molecule has 3 heterocycles. The van der Waals surface area contributed by atoms with Crippen LogP contribution in [0.1, 0.15) is 103 Å². The van der Waals surface area contributed by atoms with E-state index in [1.165, 1.54) is 72.6 Å². The Morgan fingerprint density at radius 3 is 1.81 bits per heavy atom. The molecule has 81 heavy (non-hydrogen) atoms. The number of nitro groups is 2. The van der Waals surface area contributed by atoms with Crippen molar-refractivity contribution in [2.45, 2.75) is 103 Å². The third-order valence-corrected chi connectivity index (χ3v) is 15.6. The number of hydrogen-bond acceptors (Lipinski definition) is 18. The van der Waals surface area contributed by atoms with E-state index < -0.39 is 9.85 Å². The number of aliphatic hydroxyl groups excluding tert-OH is 2. The number of carbonyl (C=O) groups is 3. The molecule has 1 aliphatic heterocycles. The number of allylic oxidation sites excluding steroid dienone is 6. The number of aliphatic hydroxyl groups is 2. The summed E-state index contributed by atoms with van der Waals surface area (Å²) < 4.78 is 11.8. The number of benzene rings is 2. The zero-order valence-electron chi connectivity index (χ0n) is 45.3. The Morgan fingerprint density at radius 1 is 0.815 bits per heavy atom. The molecule has 4 aromatic rings. The summed E-state index contributed by atoms with van der Waals surface area (Å²) in [4.78, 5) is 64.9. The van der Waals surface area contributed by atoms with E-state index in [-0.39, 0.29) is 118 Å². The summed E-state index contributed by atoms with van der Waals surface area (Å²) >= 11 is 7.91. The van der Waals surface area contributed by atoms with E-state index in [1.807, 2.05) is 6.07 Å². The summed E-state index contributed by atoms with van der Waals surface area (Å²) in [5.41, 5.74) is 4.97. The van der Waals surface area contributed by atoms with Gasteiger partial charge in [-0.05, 0) is 101 Å². The van der Waals surface area contributed by atoms with Gasteiger partial charge in [-0.2, -0.15) is 0 Å². The second kappa shape index (κ2) is 32.8. The fourth-order valence-electron chi connectivity index (χ4n) is 9.28. The number of carbonyl (C=O) groups excluding carboxylic acids is 3. The van der Waals surface area contributed by atoms with E-state index in [0.29, 0.717) is 6.61 Å². The monoisotopic (exact) mass is 1250 g/mol. The SMILES string of the molecule is C1CCCC1.CCN(CC)c1ccc(/C=C/C2[NH+](C)c3ccc(Cl)cc3C2(C)CC)c(OCCOC(=O)C2CCCC2)c1.O=C1C=CC(=NN=c2[n-]cc([N+](=O)[O-])s2)C(O)=C1.O=C1C=CC(=NN=c2[n-]cc([N+](=O)[O-])s2)C(O)=C1.[Co].[Fe]. The van der Waals surface area contributed by atoms with Crippen LogP contribution in [-0.4, -0.2) is 88.4 Å². The van der Waals surface area contributed by atoms with Crippen molar-refractivity contribution in [1.82, 2.24) is 9.97 Å². The fourth-order valence-corrected chi connectivity index (χ4v) is 10.6. The van der Waals surface area contributed by atoms with Crippen LogP contribution in [0.25, 0.3) is 6.08 Å². The van der Waals surface area contributed by atoms with Crippen LogP contribution in [0.2, 0.25) is 5.02 Å². The Hall–Kier alpha value is -6.57. The van der Waals surface area contributed by atoms with Crippen molar-refractivity contribution in [3.63, 3.8) is 0 Å². The molecule has 0 spiro atoms. The van der Waals surface area contributed by atoms with Gasteiger partial charge in [0.05, 0.1) is 28.2 Å². The number of nitrogens with one attached hydrogen (secondary N) is 1. The molecule has 2 fully saturated rings. The van der Waals surface area contributed by atoms with Gasteiger partial charge in [-0.1, -0.05) is 86.1 Å². The fraction of sp³-hybridized carbons (Fsp3) is 0.400. The van der Waals surface area contributed by atoms with Gasteiger partial charge in [0.1, 0.15) is 53.6 Å². The molecule has 0 bridgehead atoms. The van der Waals surface area contributed by atoms with Gasteiger partial charge in [0.2, 0.25) is 0 Å². The van der Waals surface area contributed by atoms with Crippen LogP contribution in [0, 0.1) is 26.1 Å². The Bertz CT molecular complexity index is 3100. The third-order valence-electron chi connectivity index (χ3n) is 13.7. The first kappa shape index (κ1) is 66.9. The van der Waals surface area contributed by atoms with Crippen LogP contribution < -0.4 is 34.1 Å². The Kier molecular flexibility index (Phi) is 27.1. The maximum atomic E-state index is 12.3.